The zero-order valence-corrected chi connectivity index (χ0v) is 58.3. The molecule has 2 saturated heterocycles. The van der Waals surface area contributed by atoms with Gasteiger partial charge in [-0.3, -0.25) is 23.4 Å². The third-order valence-electron chi connectivity index (χ3n) is 17.6. The average molecular weight is 1380 g/mol. The van der Waals surface area contributed by atoms with Gasteiger partial charge in [-0.15, -0.1) is 0 Å². The van der Waals surface area contributed by atoms with E-state index in [0.29, 0.717) is 25.7 Å². The van der Waals surface area contributed by atoms with Crippen LogP contribution in [0.2, 0.25) is 0 Å². The number of hydrogen-bond acceptors (Lipinski definition) is 23. The van der Waals surface area contributed by atoms with Crippen molar-refractivity contribution in [2.75, 3.05) is 26.4 Å². The zero-order valence-electron chi connectivity index (χ0n) is 57.4. The van der Waals surface area contributed by atoms with Gasteiger partial charge in [0.15, 0.2) is 18.7 Å². The molecule has 18 atom stereocenters. The number of esters is 3. The molecule has 3 aliphatic rings. The maximum Gasteiger partial charge on any atom is 0.472 e. The molecule has 11 N–H and O–H groups in total. The number of ether oxygens (including phenoxy) is 7. The van der Waals surface area contributed by atoms with Crippen molar-refractivity contribution in [1.29, 1.82) is 0 Å². The quantitative estimate of drug-likeness (QED) is 0.00888. The number of unbranched alkanes of at least 4 members (excludes halogenated alkanes) is 28. The Hall–Kier alpha value is -2.82. The van der Waals surface area contributed by atoms with Crippen molar-refractivity contribution in [2.24, 2.45) is 0 Å². The van der Waals surface area contributed by atoms with Gasteiger partial charge in [0, 0.05) is 19.3 Å². The summed E-state index contributed by atoms with van der Waals surface area (Å²) >= 11 is 0. The lowest BCUT2D eigenvalue weighted by atomic mass is 9.84. The summed E-state index contributed by atoms with van der Waals surface area (Å²) in [6.07, 6.45) is 12.4. The molecule has 2 heterocycles. The summed E-state index contributed by atoms with van der Waals surface area (Å²) in [4.78, 5) is 50.8. The summed E-state index contributed by atoms with van der Waals surface area (Å²) in [7, 11) is -5.70. The second-order valence-corrected chi connectivity index (χ2v) is 27.3. The van der Waals surface area contributed by atoms with Crippen molar-refractivity contribution in [1.82, 2.24) is 0 Å². The maximum absolute atomic E-state index is 14.3. The molecule has 3 fully saturated rings. The second-order valence-electron chi connectivity index (χ2n) is 25.9. The summed E-state index contributed by atoms with van der Waals surface area (Å²) in [5.41, 5.74) is 0. The molecular weight excluding hydrogens is 1260 g/mol. The SMILES string of the molecule is CCCCCCCC/C=C\CCCCCC(=O)OCC1OC(OC2C(O)C(O)C(O)C(OC3OC(CO)C(O)C(O)C3O)C2OP(=O)(O)OCC(COC(=O)CCCCC/C=C\CCCCCCCCC)OC(=O)CCCCC/C=C\CCCCCCCC)C(O)C(O)C1O. The molecule has 0 aromatic rings. The summed E-state index contributed by atoms with van der Waals surface area (Å²) < 4.78 is 64.8. The second kappa shape index (κ2) is 52.2. The van der Waals surface area contributed by atoms with Gasteiger partial charge in [0.25, 0.3) is 0 Å². The van der Waals surface area contributed by atoms with Crippen molar-refractivity contribution >= 4 is 25.7 Å². The van der Waals surface area contributed by atoms with E-state index < -0.39 is 156 Å². The number of hydrogen-bond donors (Lipinski definition) is 11. The van der Waals surface area contributed by atoms with E-state index >= 15 is 0 Å². The summed E-state index contributed by atoms with van der Waals surface area (Å²) in [6.45, 7) is 3.35. The predicted molar refractivity (Wildman–Crippen MR) is 356 cm³/mol. The standard InChI is InChI=1S/C70H125O24P/c1-4-7-10-13-16-19-22-25-28-30-32-35-38-41-44-54(72)86-48-51(89-56(74)46-43-40-37-34-31-27-24-21-18-15-12-9-6-3)49-88-95(84,85)94-68-66(92-69-64(82)59(77)57(75)52(47-71)90-69)62(80)61(79)63(81)67(68)93-70-65(83)60(78)58(76)53(91-70)50-87-55(73)45-42-39-36-33-29-26-23-20-17-14-11-8-5-2/h26-31,51-53,57-71,75-83H,4-25,32-50H2,1-3H3,(H,84,85)/b29-26-,30-28-,31-27-. The van der Waals surface area contributed by atoms with Gasteiger partial charge in [-0.1, -0.05) is 179 Å². The molecule has 18 unspecified atom stereocenters. The molecule has 554 valence electrons. The summed E-state index contributed by atoms with van der Waals surface area (Å²) in [6, 6.07) is 0. The van der Waals surface area contributed by atoms with Crippen LogP contribution in [0.3, 0.4) is 0 Å². The van der Waals surface area contributed by atoms with Crippen LogP contribution in [0.25, 0.3) is 0 Å². The fourth-order valence-electron chi connectivity index (χ4n) is 11.6. The van der Waals surface area contributed by atoms with Gasteiger partial charge in [0.2, 0.25) is 0 Å². The lowest BCUT2D eigenvalue weighted by Crippen LogP contribution is -2.69. The molecule has 1 aliphatic carbocycles. The zero-order chi connectivity index (χ0) is 69.6. The highest BCUT2D eigenvalue weighted by molar-refractivity contribution is 7.47. The first kappa shape index (κ1) is 86.4. The molecular formula is C70H125O24P. The lowest BCUT2D eigenvalue weighted by molar-refractivity contribution is -0.360. The predicted octanol–water partition coefficient (Wildman–Crippen LogP) is 9.12. The number of phosphoric ester groups is 1. The van der Waals surface area contributed by atoms with E-state index in [-0.39, 0.29) is 19.3 Å². The Labute approximate surface area is 566 Å². The number of allylic oxidation sites excluding steroid dienone is 6. The Morgan fingerprint density at radius 1 is 0.400 bits per heavy atom. The van der Waals surface area contributed by atoms with Crippen LogP contribution in [0, 0.1) is 0 Å². The number of carbonyl (C=O) groups is 3. The van der Waals surface area contributed by atoms with Gasteiger partial charge < -0.3 is 89.1 Å². The Morgan fingerprint density at radius 3 is 1.14 bits per heavy atom. The normalized spacial score (nSPS) is 28.3. The van der Waals surface area contributed by atoms with Crippen molar-refractivity contribution in [2.45, 2.75) is 362 Å². The van der Waals surface area contributed by atoms with Crippen LogP contribution in [0.15, 0.2) is 36.5 Å². The highest BCUT2D eigenvalue weighted by Crippen LogP contribution is 2.49. The highest BCUT2D eigenvalue weighted by atomic mass is 31.2. The van der Waals surface area contributed by atoms with Crippen LogP contribution in [0.4, 0.5) is 0 Å². The van der Waals surface area contributed by atoms with Crippen LogP contribution in [-0.2, 0) is 61.2 Å². The van der Waals surface area contributed by atoms with Crippen LogP contribution >= 0.6 is 7.82 Å². The minimum Gasteiger partial charge on any atom is -0.463 e. The van der Waals surface area contributed by atoms with Gasteiger partial charge >= 0.3 is 25.7 Å². The van der Waals surface area contributed by atoms with Gasteiger partial charge in [-0.25, -0.2) is 4.57 Å². The maximum atomic E-state index is 14.3. The molecule has 0 bridgehead atoms. The van der Waals surface area contributed by atoms with Crippen LogP contribution in [-0.4, -0.2) is 204 Å². The average Bonchev–Trinajstić information content (AvgIpc) is 0.764. The van der Waals surface area contributed by atoms with E-state index in [9.17, 15) is 74.9 Å². The van der Waals surface area contributed by atoms with Crippen molar-refractivity contribution in [3.05, 3.63) is 36.5 Å². The molecule has 0 aromatic heterocycles. The molecule has 24 nitrogen and oxygen atoms in total. The van der Waals surface area contributed by atoms with Gasteiger partial charge in [0.1, 0.15) is 98.7 Å². The number of aliphatic hydroxyl groups excluding tert-OH is 10. The fraction of sp³-hybridized carbons (Fsp3) is 0.871. The first-order chi connectivity index (χ1) is 45.8. The molecule has 0 amide bonds. The molecule has 0 spiro atoms. The van der Waals surface area contributed by atoms with E-state index in [1.54, 1.807) is 0 Å². The Kier molecular flexibility index (Phi) is 47.5. The topological polar surface area (TPSA) is 374 Å². The summed E-state index contributed by atoms with van der Waals surface area (Å²) in [5.74, 6) is -2.05. The third-order valence-corrected chi connectivity index (χ3v) is 18.6. The fourth-order valence-corrected chi connectivity index (χ4v) is 12.6. The minimum absolute atomic E-state index is 0.00586. The smallest absolute Gasteiger partial charge is 0.463 e. The van der Waals surface area contributed by atoms with E-state index in [4.69, 9.17) is 42.2 Å². The first-order valence-electron chi connectivity index (χ1n) is 36.3. The van der Waals surface area contributed by atoms with Crippen molar-refractivity contribution in [3.63, 3.8) is 0 Å². The van der Waals surface area contributed by atoms with Crippen LogP contribution < -0.4 is 0 Å². The molecule has 0 radical (unpaired) electrons. The monoisotopic (exact) mass is 1380 g/mol. The van der Waals surface area contributed by atoms with Crippen molar-refractivity contribution < 1.29 is 117 Å². The Bertz CT molecular complexity index is 2120. The number of aliphatic hydroxyl groups is 10. The lowest BCUT2D eigenvalue weighted by Gasteiger charge is -2.49. The number of phosphoric acid groups is 1. The van der Waals surface area contributed by atoms with Crippen LogP contribution in [0.5, 0.6) is 0 Å². The largest absolute Gasteiger partial charge is 0.472 e. The number of rotatable bonds is 55. The van der Waals surface area contributed by atoms with E-state index in [0.717, 1.165) is 89.9 Å². The van der Waals surface area contributed by atoms with Crippen LogP contribution in [0.1, 0.15) is 258 Å². The highest BCUT2D eigenvalue weighted by Gasteiger charge is 2.58. The van der Waals surface area contributed by atoms with E-state index in [1.807, 2.05) is 0 Å². The minimum atomic E-state index is -5.70. The number of carbonyl (C=O) groups excluding carboxylic acids is 3. The molecule has 2 aliphatic heterocycles. The molecule has 1 saturated carbocycles. The molecule has 3 rings (SSSR count). The summed E-state index contributed by atoms with van der Waals surface area (Å²) in [5, 5.41) is 110. The molecule has 95 heavy (non-hydrogen) atoms. The van der Waals surface area contributed by atoms with E-state index in [1.165, 1.54) is 103 Å². The first-order valence-corrected chi connectivity index (χ1v) is 37.8. The van der Waals surface area contributed by atoms with Gasteiger partial charge in [-0.2, -0.15) is 0 Å². The van der Waals surface area contributed by atoms with Gasteiger partial charge in [-0.05, 0) is 96.3 Å². The van der Waals surface area contributed by atoms with E-state index in [2.05, 4.69) is 57.2 Å². The Balaban J connectivity index is 1.77. The van der Waals surface area contributed by atoms with Gasteiger partial charge in [0.05, 0.1) is 13.2 Å². The third kappa shape index (κ3) is 35.9. The Morgan fingerprint density at radius 2 is 0.737 bits per heavy atom. The molecule has 25 heteroatoms. The molecule has 0 aromatic carbocycles. The van der Waals surface area contributed by atoms with Crippen molar-refractivity contribution in [3.8, 4) is 0 Å².